The van der Waals surface area contributed by atoms with Crippen LogP contribution in [0.5, 0.6) is 0 Å². The van der Waals surface area contributed by atoms with Gasteiger partial charge in [-0.3, -0.25) is 4.90 Å². The predicted molar refractivity (Wildman–Crippen MR) is 67.8 cm³/mol. The lowest BCUT2D eigenvalue weighted by atomic mass is 10.2. The van der Waals surface area contributed by atoms with Crippen LogP contribution in [0.4, 0.5) is 10.2 Å². The van der Waals surface area contributed by atoms with E-state index in [0.717, 1.165) is 13.1 Å². The first-order chi connectivity index (χ1) is 9.19. The Morgan fingerprint density at radius 2 is 2.32 bits per heavy atom. The Morgan fingerprint density at radius 1 is 1.47 bits per heavy atom. The number of anilines is 1. The van der Waals surface area contributed by atoms with Crippen LogP contribution < -0.4 is 11.3 Å². The molecule has 19 heavy (non-hydrogen) atoms. The zero-order valence-electron chi connectivity index (χ0n) is 10.9. The maximum Gasteiger partial charge on any atom is 0.187 e. The fourth-order valence-electron chi connectivity index (χ4n) is 2.79. The second-order valence-corrected chi connectivity index (χ2v) is 5.09. The number of halogens is 1. The van der Waals surface area contributed by atoms with Crippen LogP contribution in [0.1, 0.15) is 30.5 Å². The summed E-state index contributed by atoms with van der Waals surface area (Å²) in [5.74, 6) is 5.28. The minimum absolute atomic E-state index is 0.0228. The Labute approximate surface area is 111 Å². The number of aryl methyl sites for hydroxylation is 1. The lowest BCUT2D eigenvalue weighted by Gasteiger charge is -2.34. The molecule has 0 spiro atoms. The van der Waals surface area contributed by atoms with Gasteiger partial charge >= 0.3 is 0 Å². The number of ether oxygens (including phenoxy) is 1. The van der Waals surface area contributed by atoms with Gasteiger partial charge in [-0.25, -0.2) is 20.2 Å². The third-order valence-electron chi connectivity index (χ3n) is 3.85. The molecule has 0 bridgehead atoms. The van der Waals surface area contributed by atoms with E-state index in [0.29, 0.717) is 18.5 Å². The van der Waals surface area contributed by atoms with Gasteiger partial charge in [0.15, 0.2) is 17.5 Å². The molecule has 0 aromatic carbocycles. The summed E-state index contributed by atoms with van der Waals surface area (Å²) in [5.41, 5.74) is 2.55. The van der Waals surface area contributed by atoms with Gasteiger partial charge in [0.1, 0.15) is 6.10 Å². The molecule has 0 saturated carbocycles. The van der Waals surface area contributed by atoms with E-state index in [1.165, 1.54) is 12.8 Å². The average Bonchev–Trinajstić information content (AvgIpc) is 2.89. The SMILES string of the molecule is Cc1nc(C2CN3CCCC3CO2)nc(NN)c1F. The highest BCUT2D eigenvalue weighted by Crippen LogP contribution is 2.29. The lowest BCUT2D eigenvalue weighted by molar-refractivity contribution is -0.0542. The molecule has 0 radical (unpaired) electrons. The van der Waals surface area contributed by atoms with Crippen LogP contribution >= 0.6 is 0 Å². The zero-order valence-corrected chi connectivity index (χ0v) is 10.9. The molecule has 2 saturated heterocycles. The van der Waals surface area contributed by atoms with E-state index in [2.05, 4.69) is 20.3 Å². The maximum atomic E-state index is 13.6. The summed E-state index contributed by atoms with van der Waals surface area (Å²) in [5, 5.41) is 0. The molecule has 2 fully saturated rings. The van der Waals surface area contributed by atoms with E-state index in [4.69, 9.17) is 10.6 Å². The molecule has 0 amide bonds. The molecule has 2 aliphatic rings. The Bertz CT molecular complexity index is 483. The van der Waals surface area contributed by atoms with Gasteiger partial charge in [0.2, 0.25) is 0 Å². The Hall–Kier alpha value is -1.31. The van der Waals surface area contributed by atoms with Crippen LogP contribution in [0.3, 0.4) is 0 Å². The standard InChI is InChI=1S/C12H18FN5O/c1-7-10(13)12(17-14)16-11(15-7)9-5-18-4-2-3-8(18)6-19-9/h8-9H,2-6,14H2,1H3,(H,15,16,17). The van der Waals surface area contributed by atoms with Gasteiger partial charge in [-0.1, -0.05) is 0 Å². The van der Waals surface area contributed by atoms with Crippen molar-refractivity contribution in [2.45, 2.75) is 31.9 Å². The highest BCUT2D eigenvalue weighted by atomic mass is 19.1. The fourth-order valence-corrected chi connectivity index (χ4v) is 2.79. The molecule has 3 heterocycles. The van der Waals surface area contributed by atoms with Crippen LogP contribution in [0.25, 0.3) is 0 Å². The number of nitrogens with two attached hydrogens (primary N) is 1. The van der Waals surface area contributed by atoms with E-state index in [1.54, 1.807) is 6.92 Å². The first kappa shape index (κ1) is 12.7. The quantitative estimate of drug-likeness (QED) is 0.608. The van der Waals surface area contributed by atoms with Gasteiger partial charge in [0.05, 0.1) is 12.3 Å². The summed E-state index contributed by atoms with van der Waals surface area (Å²) in [4.78, 5) is 10.7. The van der Waals surface area contributed by atoms with Crippen molar-refractivity contribution in [2.75, 3.05) is 25.1 Å². The normalized spacial score (nSPS) is 27.3. The van der Waals surface area contributed by atoms with Crippen LogP contribution in [0, 0.1) is 12.7 Å². The average molecular weight is 267 g/mol. The largest absolute Gasteiger partial charge is 0.367 e. The summed E-state index contributed by atoms with van der Waals surface area (Å²) in [6, 6.07) is 0.518. The third-order valence-corrected chi connectivity index (χ3v) is 3.85. The number of aromatic nitrogens is 2. The maximum absolute atomic E-state index is 13.6. The molecule has 1 aromatic heterocycles. The van der Waals surface area contributed by atoms with Crippen LogP contribution in [0.15, 0.2) is 0 Å². The van der Waals surface area contributed by atoms with Crippen molar-refractivity contribution in [1.82, 2.24) is 14.9 Å². The van der Waals surface area contributed by atoms with Gasteiger partial charge in [0, 0.05) is 12.6 Å². The van der Waals surface area contributed by atoms with Crippen molar-refractivity contribution in [3.8, 4) is 0 Å². The second kappa shape index (κ2) is 4.99. The summed E-state index contributed by atoms with van der Waals surface area (Å²) >= 11 is 0. The molecule has 2 aliphatic heterocycles. The summed E-state index contributed by atoms with van der Waals surface area (Å²) in [7, 11) is 0. The first-order valence-electron chi connectivity index (χ1n) is 6.55. The van der Waals surface area contributed by atoms with E-state index < -0.39 is 5.82 Å². The van der Waals surface area contributed by atoms with Crippen molar-refractivity contribution in [3.05, 3.63) is 17.3 Å². The molecule has 2 unspecified atom stereocenters. The van der Waals surface area contributed by atoms with Crippen molar-refractivity contribution in [2.24, 2.45) is 5.84 Å². The first-order valence-corrected chi connectivity index (χ1v) is 6.55. The molecule has 1 aromatic rings. The van der Waals surface area contributed by atoms with Gasteiger partial charge in [-0.2, -0.15) is 0 Å². The molecule has 3 rings (SSSR count). The number of fused-ring (bicyclic) bond motifs is 1. The number of nitrogens with zero attached hydrogens (tertiary/aromatic N) is 3. The number of hydrogen-bond acceptors (Lipinski definition) is 6. The molecule has 3 N–H and O–H groups in total. The molecule has 7 heteroatoms. The molecule has 2 atom stereocenters. The topological polar surface area (TPSA) is 76.3 Å². The van der Waals surface area contributed by atoms with Crippen molar-refractivity contribution in [1.29, 1.82) is 0 Å². The van der Waals surface area contributed by atoms with Gasteiger partial charge < -0.3 is 10.2 Å². The van der Waals surface area contributed by atoms with E-state index in [1.807, 2.05) is 0 Å². The minimum Gasteiger partial charge on any atom is -0.367 e. The highest BCUT2D eigenvalue weighted by Gasteiger charge is 2.34. The van der Waals surface area contributed by atoms with Crippen LogP contribution in [0.2, 0.25) is 0 Å². The Balaban J connectivity index is 1.84. The van der Waals surface area contributed by atoms with Crippen LogP contribution in [-0.2, 0) is 4.74 Å². The number of morpholine rings is 1. The number of nitrogen functional groups attached to an aromatic ring is 1. The second-order valence-electron chi connectivity index (χ2n) is 5.09. The smallest absolute Gasteiger partial charge is 0.187 e. The summed E-state index contributed by atoms with van der Waals surface area (Å²) < 4.78 is 19.5. The Morgan fingerprint density at radius 3 is 3.11 bits per heavy atom. The highest BCUT2D eigenvalue weighted by molar-refractivity contribution is 5.36. The number of rotatable bonds is 2. The molecular formula is C12H18FN5O. The van der Waals surface area contributed by atoms with Gasteiger partial charge in [-0.15, -0.1) is 0 Å². The summed E-state index contributed by atoms with van der Waals surface area (Å²) in [6.07, 6.45) is 2.19. The third kappa shape index (κ3) is 2.29. The van der Waals surface area contributed by atoms with E-state index in [-0.39, 0.29) is 17.6 Å². The lowest BCUT2D eigenvalue weighted by Crippen LogP contribution is -2.43. The molecule has 0 aliphatic carbocycles. The molecular weight excluding hydrogens is 249 g/mol. The summed E-state index contributed by atoms with van der Waals surface area (Å²) in [6.45, 7) is 4.14. The fraction of sp³-hybridized carbons (Fsp3) is 0.667. The van der Waals surface area contributed by atoms with Crippen LogP contribution in [-0.4, -0.2) is 40.6 Å². The monoisotopic (exact) mass is 267 g/mol. The van der Waals surface area contributed by atoms with E-state index in [9.17, 15) is 4.39 Å². The Kier molecular flexibility index (Phi) is 3.34. The van der Waals surface area contributed by atoms with Crippen molar-refractivity contribution >= 4 is 5.82 Å². The van der Waals surface area contributed by atoms with Crippen molar-refractivity contribution in [3.63, 3.8) is 0 Å². The minimum atomic E-state index is -0.513. The number of hydrazine groups is 1. The predicted octanol–water partition coefficient (Wildman–Crippen LogP) is 0.745. The number of nitrogens with one attached hydrogen (secondary N) is 1. The molecule has 6 nitrogen and oxygen atoms in total. The van der Waals surface area contributed by atoms with Gasteiger partial charge in [0.25, 0.3) is 0 Å². The van der Waals surface area contributed by atoms with Gasteiger partial charge in [-0.05, 0) is 26.3 Å². The van der Waals surface area contributed by atoms with Crippen molar-refractivity contribution < 1.29 is 9.13 Å². The molecule has 104 valence electrons. The number of hydrogen-bond donors (Lipinski definition) is 2. The zero-order chi connectivity index (χ0) is 13.4. The van der Waals surface area contributed by atoms with E-state index >= 15 is 0 Å².